The van der Waals surface area contributed by atoms with E-state index in [1.165, 1.54) is 0 Å². The van der Waals surface area contributed by atoms with Crippen LogP contribution in [0.3, 0.4) is 0 Å². The molecular weight excluding hydrogens is 548 g/mol. The van der Waals surface area contributed by atoms with Crippen molar-refractivity contribution in [1.29, 1.82) is 0 Å². The molecule has 2 saturated heterocycles. The Labute approximate surface area is 247 Å². The van der Waals surface area contributed by atoms with Gasteiger partial charge in [-0.15, -0.1) is 0 Å². The summed E-state index contributed by atoms with van der Waals surface area (Å²) < 4.78 is 42.9. The van der Waals surface area contributed by atoms with Crippen molar-refractivity contribution in [2.45, 2.75) is 55.9 Å². The Bertz CT molecular complexity index is 1670. The van der Waals surface area contributed by atoms with Crippen LogP contribution >= 0.6 is 0 Å². The van der Waals surface area contributed by atoms with Crippen LogP contribution in [0.4, 0.5) is 5.69 Å². The van der Waals surface area contributed by atoms with Gasteiger partial charge in [-0.2, -0.15) is 4.31 Å². The van der Waals surface area contributed by atoms with Crippen LogP contribution in [0.1, 0.15) is 36.5 Å². The first-order valence-electron chi connectivity index (χ1n) is 14.6. The number of rotatable bonds is 6. The third-order valence-electron chi connectivity index (χ3n) is 9.95. The highest BCUT2D eigenvalue weighted by atomic mass is 32.2. The van der Waals surface area contributed by atoms with E-state index in [4.69, 9.17) is 14.5 Å². The van der Waals surface area contributed by atoms with Crippen molar-refractivity contribution in [3.8, 4) is 0 Å². The van der Waals surface area contributed by atoms with Crippen LogP contribution in [0.2, 0.25) is 0 Å². The minimum Gasteiger partial charge on any atom is -0.376 e. The van der Waals surface area contributed by atoms with Crippen LogP contribution in [0.25, 0.3) is 0 Å². The number of para-hydroxylation sites is 1. The standard InChI is InChI=1S/C34H36N2O5S/c1-3-25-19-36(42(38,39)26-15-13-23(2)14-16-26)30-17-28(25)33(21-40-20-24-9-5-4-6-10-24)22-41-31(37)18-34(33)27-11-7-8-12-29(27)35-32(30)34/h3-16,28,30-31,37H,17-22H2,1-2H3/b25-3-/t28-,30-,31+,33+,34+/m0/s1. The zero-order valence-corrected chi connectivity index (χ0v) is 24.8. The number of aliphatic hydroxyl groups is 1. The molecule has 0 amide bonds. The highest BCUT2D eigenvalue weighted by Gasteiger charge is 2.71. The van der Waals surface area contributed by atoms with Gasteiger partial charge in [0.1, 0.15) is 0 Å². The molecule has 3 aliphatic heterocycles. The van der Waals surface area contributed by atoms with Crippen molar-refractivity contribution in [3.05, 3.63) is 107 Å². The minimum absolute atomic E-state index is 0.0228. The molecule has 3 fully saturated rings. The summed E-state index contributed by atoms with van der Waals surface area (Å²) in [6.45, 7) is 5.34. The van der Waals surface area contributed by atoms with E-state index in [9.17, 15) is 13.5 Å². The first-order chi connectivity index (χ1) is 20.3. The number of aryl methyl sites for hydroxylation is 1. The molecule has 0 radical (unpaired) electrons. The number of benzene rings is 3. The van der Waals surface area contributed by atoms with Gasteiger partial charge in [0.05, 0.1) is 41.9 Å². The van der Waals surface area contributed by atoms with Crippen LogP contribution in [0, 0.1) is 18.3 Å². The summed E-state index contributed by atoms with van der Waals surface area (Å²) in [6.07, 6.45) is 1.94. The van der Waals surface area contributed by atoms with Crippen LogP contribution in [-0.2, 0) is 31.5 Å². The minimum atomic E-state index is -3.84. The van der Waals surface area contributed by atoms with E-state index in [2.05, 4.69) is 24.3 Å². The number of sulfonamides is 1. The van der Waals surface area contributed by atoms with Crippen LogP contribution in [0.15, 0.2) is 100 Å². The summed E-state index contributed by atoms with van der Waals surface area (Å²) >= 11 is 0. The topological polar surface area (TPSA) is 88.4 Å². The van der Waals surface area contributed by atoms with Gasteiger partial charge in [-0.25, -0.2) is 8.42 Å². The molecule has 1 spiro atoms. The third-order valence-corrected chi connectivity index (χ3v) is 11.8. The molecular formula is C34H36N2O5S. The summed E-state index contributed by atoms with van der Waals surface area (Å²) in [5.74, 6) is -0.0228. The molecule has 3 aromatic carbocycles. The van der Waals surface area contributed by atoms with Crippen molar-refractivity contribution >= 4 is 21.4 Å². The molecule has 0 unspecified atom stereocenters. The van der Waals surface area contributed by atoms with Crippen molar-refractivity contribution < 1.29 is 23.0 Å². The summed E-state index contributed by atoms with van der Waals surface area (Å²) in [5, 5.41) is 11.1. The first kappa shape index (κ1) is 27.7. The normalized spacial score (nSPS) is 31.3. The van der Waals surface area contributed by atoms with E-state index in [1.807, 2.05) is 62.4 Å². The fraction of sp³-hybridized carbons (Fsp3) is 0.382. The van der Waals surface area contributed by atoms with Crippen molar-refractivity contribution in [2.24, 2.45) is 16.3 Å². The quantitative estimate of drug-likeness (QED) is 0.398. The molecule has 3 aromatic rings. The van der Waals surface area contributed by atoms with Gasteiger partial charge in [0.15, 0.2) is 6.29 Å². The molecule has 1 aliphatic carbocycles. The van der Waals surface area contributed by atoms with Gasteiger partial charge in [-0.1, -0.05) is 77.9 Å². The highest BCUT2D eigenvalue weighted by Crippen LogP contribution is 2.66. The van der Waals surface area contributed by atoms with Crippen molar-refractivity contribution in [3.63, 3.8) is 0 Å². The van der Waals surface area contributed by atoms with E-state index in [0.717, 1.165) is 33.7 Å². The Morgan fingerprint density at radius 3 is 2.57 bits per heavy atom. The Kier molecular flexibility index (Phi) is 6.75. The molecule has 5 atom stereocenters. The molecule has 218 valence electrons. The third kappa shape index (κ3) is 4.00. The van der Waals surface area contributed by atoms with Gasteiger partial charge in [0.25, 0.3) is 0 Å². The Balaban J connectivity index is 1.38. The smallest absolute Gasteiger partial charge is 0.243 e. The fourth-order valence-corrected chi connectivity index (χ4v) is 9.58. The maximum absolute atomic E-state index is 14.3. The summed E-state index contributed by atoms with van der Waals surface area (Å²) in [4.78, 5) is 5.49. The monoisotopic (exact) mass is 584 g/mol. The van der Waals surface area contributed by atoms with E-state index >= 15 is 0 Å². The predicted octanol–water partition coefficient (Wildman–Crippen LogP) is 5.30. The average Bonchev–Trinajstić information content (AvgIpc) is 3.33. The summed E-state index contributed by atoms with van der Waals surface area (Å²) in [5.41, 5.74) is 4.46. The zero-order valence-electron chi connectivity index (χ0n) is 23.9. The SMILES string of the molecule is C/C=C1/CN(S(=O)(=O)c2ccc(C)cc2)[C@H]2C[C@@H]1[C@@]1(COCc3ccccc3)CO[C@@H](O)C[C@@]13C2=Nc1ccccc13. The molecule has 1 saturated carbocycles. The lowest BCUT2D eigenvalue weighted by Crippen LogP contribution is -2.73. The number of allylic oxidation sites excluding steroid dienone is 1. The molecule has 2 bridgehead atoms. The number of piperidine rings is 1. The van der Waals surface area contributed by atoms with Gasteiger partial charge in [-0.05, 0) is 55.5 Å². The maximum Gasteiger partial charge on any atom is 0.243 e. The van der Waals surface area contributed by atoms with E-state index in [1.54, 1.807) is 16.4 Å². The van der Waals surface area contributed by atoms with Crippen LogP contribution in [-0.4, -0.2) is 55.6 Å². The number of nitrogens with zero attached hydrogens (tertiary/aromatic N) is 2. The van der Waals surface area contributed by atoms with Gasteiger partial charge in [-0.3, -0.25) is 4.99 Å². The lowest BCUT2D eigenvalue weighted by molar-refractivity contribution is -0.218. The highest BCUT2D eigenvalue weighted by molar-refractivity contribution is 7.89. The van der Waals surface area contributed by atoms with E-state index < -0.39 is 33.2 Å². The lowest BCUT2D eigenvalue weighted by atomic mass is 9.44. The molecule has 0 aromatic heterocycles. The second-order valence-corrected chi connectivity index (χ2v) is 13.9. The van der Waals surface area contributed by atoms with E-state index in [0.29, 0.717) is 26.1 Å². The van der Waals surface area contributed by atoms with Gasteiger partial charge in [0.2, 0.25) is 10.0 Å². The molecule has 42 heavy (non-hydrogen) atoms. The molecule has 4 aliphatic rings. The molecule has 7 nitrogen and oxygen atoms in total. The molecule has 7 rings (SSSR count). The number of aliphatic hydroxyl groups excluding tert-OH is 1. The molecule has 3 heterocycles. The largest absolute Gasteiger partial charge is 0.376 e. The Hall–Kier alpha value is -3.14. The molecule has 8 heteroatoms. The second-order valence-electron chi connectivity index (χ2n) is 12.1. The van der Waals surface area contributed by atoms with Crippen molar-refractivity contribution in [1.82, 2.24) is 4.31 Å². The van der Waals surface area contributed by atoms with E-state index in [-0.39, 0.29) is 24.0 Å². The summed E-state index contributed by atoms with van der Waals surface area (Å²) in [6, 6.07) is 24.8. The Morgan fingerprint density at radius 2 is 1.81 bits per heavy atom. The van der Waals surface area contributed by atoms with Gasteiger partial charge in [0, 0.05) is 24.1 Å². The second kappa shape index (κ2) is 10.2. The van der Waals surface area contributed by atoms with Crippen molar-refractivity contribution in [2.75, 3.05) is 19.8 Å². The number of fused-ring (bicyclic) bond motifs is 5. The number of aliphatic imine (C=N–C) groups is 1. The zero-order chi connectivity index (χ0) is 29.1. The number of hydrogen-bond donors (Lipinski definition) is 1. The Morgan fingerprint density at radius 1 is 1.07 bits per heavy atom. The average molecular weight is 585 g/mol. The molecule has 1 N–H and O–H groups in total. The van der Waals surface area contributed by atoms with Crippen LogP contribution < -0.4 is 0 Å². The fourth-order valence-electron chi connectivity index (χ4n) is 7.98. The number of ether oxygens (including phenoxy) is 2. The predicted molar refractivity (Wildman–Crippen MR) is 161 cm³/mol. The lowest BCUT2D eigenvalue weighted by Gasteiger charge is -2.64. The summed E-state index contributed by atoms with van der Waals surface area (Å²) in [7, 11) is -3.84. The van der Waals surface area contributed by atoms with Crippen LogP contribution in [0.5, 0.6) is 0 Å². The number of hydrogen-bond acceptors (Lipinski definition) is 6. The van der Waals surface area contributed by atoms with Gasteiger partial charge >= 0.3 is 0 Å². The first-order valence-corrected chi connectivity index (χ1v) is 16.1. The maximum atomic E-state index is 14.3. The van der Waals surface area contributed by atoms with Gasteiger partial charge < -0.3 is 14.6 Å².